The van der Waals surface area contributed by atoms with E-state index in [2.05, 4.69) is 121 Å². The molecule has 0 radical (unpaired) electrons. The van der Waals surface area contributed by atoms with Crippen LogP contribution in [0.4, 0.5) is 26.3 Å². The van der Waals surface area contributed by atoms with E-state index in [-0.39, 0.29) is 53.4 Å². The summed E-state index contributed by atoms with van der Waals surface area (Å²) in [7, 11) is -12.9. The zero-order valence-electron chi connectivity index (χ0n) is 28.3. The first-order valence-electron chi connectivity index (χ1n) is 15.7. The summed E-state index contributed by atoms with van der Waals surface area (Å²) < 4.78 is 118. The molecule has 298 valence electrons. The molecule has 9 nitrogen and oxygen atoms in total. The van der Waals surface area contributed by atoms with E-state index in [1.54, 1.807) is 0 Å². The van der Waals surface area contributed by atoms with E-state index >= 15 is 0 Å². The van der Waals surface area contributed by atoms with Crippen molar-refractivity contribution >= 4 is 57.3 Å². The second-order valence-corrected chi connectivity index (χ2v) is 18.8. The summed E-state index contributed by atoms with van der Waals surface area (Å²) in [5.41, 5.74) is 5.68. The molecule has 1 aliphatic carbocycles. The van der Waals surface area contributed by atoms with Crippen LogP contribution in [0.3, 0.4) is 0 Å². The van der Waals surface area contributed by atoms with Crippen molar-refractivity contribution in [3.05, 3.63) is 121 Å². The van der Waals surface area contributed by atoms with Crippen molar-refractivity contribution in [1.82, 2.24) is 0 Å². The van der Waals surface area contributed by atoms with Crippen LogP contribution in [0.25, 0.3) is 0 Å². The van der Waals surface area contributed by atoms with Crippen LogP contribution in [0.5, 0.6) is 0 Å². The Kier molecular flexibility index (Phi) is 21.2. The maximum Gasteiger partial charge on any atom is 2.00 e. The summed E-state index contributed by atoms with van der Waals surface area (Å²) >= 11 is 0. The number of halogens is 6. The van der Waals surface area contributed by atoms with Gasteiger partial charge >= 0.3 is 30.5 Å². The van der Waals surface area contributed by atoms with Crippen LogP contribution < -0.4 is 38.4 Å². The average molecular weight is 927 g/mol. The summed E-state index contributed by atoms with van der Waals surface area (Å²) in [6.07, 6.45) is 5.23. The van der Waals surface area contributed by atoms with Gasteiger partial charge in [-0.05, 0) is 68.6 Å². The summed E-state index contributed by atoms with van der Waals surface area (Å²) in [5, 5.41) is 5.89. The average Bonchev–Trinajstić information content (AvgIpc) is 3.07. The quantitative estimate of drug-likeness (QED) is 0.0788. The van der Waals surface area contributed by atoms with Gasteiger partial charge in [0.15, 0.2) is 20.2 Å². The van der Waals surface area contributed by atoms with Crippen molar-refractivity contribution in [2.24, 2.45) is 17.2 Å². The predicted octanol–water partition coefficient (Wildman–Crippen LogP) is 4.50. The standard InChI is InChI=1S/C26H24P2.C6H15N3.2CHF3O3S.Ru/c1-5-13-23(14-6-1)27(24-15-7-2-8-16-24)21-22-28(25-17-9-3-10-18-25)26-19-11-4-12-20-26;7-4-1-5(8)3-6(9)2-4;2*2-1(3,4)8(5,6)7;/h1-20H,21-22H2;4-6H,1-3,7-9H2;2*(H,5,6,7);/q;;;;+2/p-2. The van der Waals surface area contributed by atoms with Gasteiger partial charge in [-0.2, -0.15) is 26.3 Å². The maximum absolute atomic E-state index is 10.7. The van der Waals surface area contributed by atoms with Crippen molar-refractivity contribution < 1.29 is 71.8 Å². The molecule has 1 saturated carbocycles. The van der Waals surface area contributed by atoms with Crippen LogP contribution in [0.1, 0.15) is 19.3 Å². The molecule has 0 spiro atoms. The molecule has 1 aliphatic rings. The summed E-state index contributed by atoms with van der Waals surface area (Å²) in [6.45, 7) is 0. The van der Waals surface area contributed by atoms with Crippen LogP contribution >= 0.6 is 15.8 Å². The van der Waals surface area contributed by atoms with Crippen molar-refractivity contribution in [3.8, 4) is 0 Å². The molecular formula is C34H39F6N3O6P2RuS2. The third kappa shape index (κ3) is 18.1. The fourth-order valence-electron chi connectivity index (χ4n) is 4.90. The number of alkyl halides is 6. The molecule has 0 heterocycles. The summed E-state index contributed by atoms with van der Waals surface area (Å²) in [4.78, 5) is 0. The normalized spacial score (nSPS) is 17.4. The Morgan fingerprint density at radius 3 is 0.796 bits per heavy atom. The molecule has 5 rings (SSSR count). The minimum absolute atomic E-state index is 0. The zero-order chi connectivity index (χ0) is 39.9. The van der Waals surface area contributed by atoms with Crippen LogP contribution in [0.15, 0.2) is 121 Å². The van der Waals surface area contributed by atoms with E-state index in [4.69, 9.17) is 43.1 Å². The van der Waals surface area contributed by atoms with E-state index in [9.17, 15) is 26.3 Å². The Morgan fingerprint density at radius 1 is 0.481 bits per heavy atom. The molecule has 0 aliphatic heterocycles. The first-order chi connectivity index (χ1) is 24.6. The Morgan fingerprint density at radius 2 is 0.648 bits per heavy atom. The molecule has 0 aromatic heterocycles. The van der Waals surface area contributed by atoms with Crippen LogP contribution in [-0.2, 0) is 39.7 Å². The molecule has 0 saturated heterocycles. The van der Waals surface area contributed by atoms with Crippen LogP contribution in [-0.4, -0.2) is 67.4 Å². The van der Waals surface area contributed by atoms with Gasteiger partial charge in [0.05, 0.1) is 0 Å². The fourth-order valence-corrected chi connectivity index (χ4v) is 10.3. The van der Waals surface area contributed by atoms with Gasteiger partial charge in [0.1, 0.15) is 0 Å². The largest absolute Gasteiger partial charge is 2.00 e. The molecule has 0 amide bonds. The van der Waals surface area contributed by atoms with Gasteiger partial charge in [0.25, 0.3) is 0 Å². The second-order valence-electron chi connectivity index (χ2n) is 11.4. The molecule has 0 atom stereocenters. The van der Waals surface area contributed by atoms with Crippen molar-refractivity contribution in [3.63, 3.8) is 0 Å². The van der Waals surface area contributed by atoms with E-state index in [1.165, 1.54) is 33.5 Å². The summed E-state index contributed by atoms with van der Waals surface area (Å²) in [6, 6.07) is 44.9. The number of hydrogen-bond donors (Lipinski definition) is 3. The predicted molar refractivity (Wildman–Crippen MR) is 197 cm³/mol. The molecule has 4 aromatic carbocycles. The Labute approximate surface area is 326 Å². The third-order valence-electron chi connectivity index (χ3n) is 7.20. The first-order valence-corrected chi connectivity index (χ1v) is 21.5. The fraction of sp³-hybridized carbons (Fsp3) is 0.294. The number of benzene rings is 4. The molecule has 0 unspecified atom stereocenters. The van der Waals surface area contributed by atoms with Crippen molar-refractivity contribution in [1.29, 1.82) is 0 Å². The van der Waals surface area contributed by atoms with Gasteiger partial charge in [0, 0.05) is 18.1 Å². The minimum Gasteiger partial charge on any atom is -0.741 e. The van der Waals surface area contributed by atoms with Gasteiger partial charge < -0.3 is 26.3 Å². The Balaban J connectivity index is 0.000000458. The van der Waals surface area contributed by atoms with Crippen LogP contribution in [0.2, 0.25) is 0 Å². The SMILES string of the molecule is NC1CC(N)CC(N)C1.O=S(=O)([O-])C(F)(F)F.O=S(=O)([O-])C(F)(F)F.[Ru+2].c1ccc(P(CCP(c2ccccc2)c2ccccc2)c2ccccc2)cc1. The van der Waals surface area contributed by atoms with Crippen molar-refractivity contribution in [2.75, 3.05) is 12.3 Å². The molecular weight excluding hydrogens is 888 g/mol. The van der Waals surface area contributed by atoms with E-state index < -0.39 is 31.3 Å². The number of nitrogens with two attached hydrogens (primary N) is 3. The molecule has 4 aromatic rings. The molecule has 54 heavy (non-hydrogen) atoms. The van der Waals surface area contributed by atoms with E-state index in [0.29, 0.717) is 0 Å². The first kappa shape index (κ1) is 49.7. The number of hydrogen-bond acceptors (Lipinski definition) is 9. The second kappa shape index (κ2) is 23.0. The van der Waals surface area contributed by atoms with E-state index in [1.807, 2.05) is 0 Å². The number of rotatable bonds is 7. The zero-order valence-corrected chi connectivity index (χ0v) is 33.5. The smallest absolute Gasteiger partial charge is 0.741 e. The van der Waals surface area contributed by atoms with Gasteiger partial charge in [-0.15, -0.1) is 0 Å². The Bertz CT molecular complexity index is 1630. The van der Waals surface area contributed by atoms with Crippen LogP contribution in [0, 0.1) is 0 Å². The van der Waals surface area contributed by atoms with Gasteiger partial charge in [-0.3, -0.25) is 0 Å². The van der Waals surface area contributed by atoms with Gasteiger partial charge in [0.2, 0.25) is 0 Å². The van der Waals surface area contributed by atoms with Gasteiger partial charge in [-0.25, -0.2) is 16.8 Å². The topological polar surface area (TPSA) is 192 Å². The van der Waals surface area contributed by atoms with E-state index in [0.717, 1.165) is 19.3 Å². The van der Waals surface area contributed by atoms with Crippen molar-refractivity contribution in [2.45, 2.75) is 48.4 Å². The third-order valence-corrected chi connectivity index (χ3v) is 13.7. The minimum atomic E-state index is -6.09. The molecule has 0 bridgehead atoms. The molecule has 6 N–H and O–H groups in total. The molecule has 1 fully saturated rings. The summed E-state index contributed by atoms with van der Waals surface area (Å²) in [5.74, 6) is 0. The monoisotopic (exact) mass is 927 g/mol. The Hall–Kier alpha value is -2.36. The maximum atomic E-state index is 10.7. The van der Waals surface area contributed by atoms with Gasteiger partial charge in [-0.1, -0.05) is 121 Å². The molecule has 20 heteroatoms.